The van der Waals surface area contributed by atoms with E-state index in [4.69, 9.17) is 9.84 Å². The topological polar surface area (TPSA) is 78.9 Å². The maximum atomic E-state index is 11.7. The fourth-order valence-corrected chi connectivity index (χ4v) is 1.99. The Hall–Kier alpha value is -1.63. The van der Waals surface area contributed by atoms with E-state index < -0.39 is 12.0 Å². The molecule has 0 heterocycles. The number of carboxylic acid groups (broad SMARTS) is 1. The second-order valence-corrected chi connectivity index (χ2v) is 5.56. The Kier molecular flexibility index (Phi) is 11.0. The number of rotatable bonds is 10. The molecule has 0 saturated heterocycles. The van der Waals surface area contributed by atoms with Gasteiger partial charge in [0.05, 0.1) is 12.6 Å². The Balaban J connectivity index is 0.00000529. The van der Waals surface area contributed by atoms with E-state index in [0.29, 0.717) is 19.6 Å². The average Bonchev–Trinajstić information content (AvgIpc) is 2.54. The second kappa shape index (κ2) is 11.8. The number of nitrogens with one attached hydrogen (secondary N) is 1. The van der Waals surface area contributed by atoms with Gasteiger partial charge >= 0.3 is 5.97 Å². The molecule has 6 nitrogen and oxygen atoms in total. The van der Waals surface area contributed by atoms with Crippen molar-refractivity contribution in [3.8, 4) is 0 Å². The molecule has 0 aromatic heterocycles. The Morgan fingerprint density at radius 2 is 1.88 bits per heavy atom. The molecule has 0 saturated carbocycles. The summed E-state index contributed by atoms with van der Waals surface area (Å²) in [7, 11) is 1.61. The zero-order chi connectivity index (χ0) is 17.2. The minimum atomic E-state index is -0.941. The highest BCUT2D eigenvalue weighted by Gasteiger charge is 2.18. The molecule has 0 spiro atoms. The third-order valence-corrected chi connectivity index (χ3v) is 3.69. The maximum absolute atomic E-state index is 11.7. The Morgan fingerprint density at radius 3 is 2.46 bits per heavy atom. The van der Waals surface area contributed by atoms with Gasteiger partial charge in [0.1, 0.15) is 6.04 Å². The number of amides is 1. The smallest absolute Gasteiger partial charge is 0.320 e. The lowest BCUT2D eigenvalue weighted by Gasteiger charge is -2.20. The fourth-order valence-electron chi connectivity index (χ4n) is 1.99. The molecule has 136 valence electrons. The SMILES string of the molecule is CC(OCCCNC(=O)CN(C)C(C)C(=O)O)c1ccccc1.Cl. The van der Waals surface area contributed by atoms with Crippen molar-refractivity contribution in [2.75, 3.05) is 26.7 Å². The molecule has 0 aliphatic rings. The number of carbonyl (C=O) groups excluding carboxylic acids is 1. The predicted octanol–water partition coefficient (Wildman–Crippen LogP) is 2.10. The van der Waals surface area contributed by atoms with Crippen LogP contribution in [0.25, 0.3) is 0 Å². The monoisotopic (exact) mass is 358 g/mol. The van der Waals surface area contributed by atoms with Crippen molar-refractivity contribution >= 4 is 24.3 Å². The van der Waals surface area contributed by atoms with Crippen molar-refractivity contribution < 1.29 is 19.4 Å². The van der Waals surface area contributed by atoms with E-state index in [0.717, 1.165) is 5.56 Å². The fraction of sp³-hybridized carbons (Fsp3) is 0.529. The number of ether oxygens (including phenoxy) is 1. The summed E-state index contributed by atoms with van der Waals surface area (Å²) >= 11 is 0. The first-order valence-corrected chi connectivity index (χ1v) is 7.78. The zero-order valence-electron chi connectivity index (χ0n) is 14.4. The van der Waals surface area contributed by atoms with Crippen LogP contribution >= 0.6 is 12.4 Å². The summed E-state index contributed by atoms with van der Waals surface area (Å²) < 4.78 is 5.72. The number of aliphatic carboxylic acids is 1. The Bertz CT molecular complexity index is 499. The Morgan fingerprint density at radius 1 is 1.25 bits per heavy atom. The number of benzene rings is 1. The van der Waals surface area contributed by atoms with Gasteiger partial charge in [-0.1, -0.05) is 30.3 Å². The first-order valence-electron chi connectivity index (χ1n) is 7.78. The molecule has 2 N–H and O–H groups in total. The molecule has 2 unspecified atom stereocenters. The van der Waals surface area contributed by atoms with Gasteiger partial charge in [-0.05, 0) is 32.9 Å². The number of carbonyl (C=O) groups is 2. The minimum Gasteiger partial charge on any atom is -0.480 e. The quantitative estimate of drug-likeness (QED) is 0.626. The van der Waals surface area contributed by atoms with E-state index in [-0.39, 0.29) is 31.0 Å². The van der Waals surface area contributed by atoms with E-state index in [1.165, 1.54) is 4.90 Å². The highest BCUT2D eigenvalue weighted by atomic mass is 35.5. The lowest BCUT2D eigenvalue weighted by Crippen LogP contribution is -2.43. The predicted molar refractivity (Wildman–Crippen MR) is 95.4 cm³/mol. The van der Waals surface area contributed by atoms with Crippen molar-refractivity contribution in [1.82, 2.24) is 10.2 Å². The molecular weight excluding hydrogens is 332 g/mol. The molecule has 1 aromatic carbocycles. The van der Waals surface area contributed by atoms with Crippen molar-refractivity contribution in [2.45, 2.75) is 32.4 Å². The first kappa shape index (κ1) is 22.4. The van der Waals surface area contributed by atoms with Crippen LogP contribution in [0.1, 0.15) is 31.9 Å². The second-order valence-electron chi connectivity index (χ2n) is 5.56. The maximum Gasteiger partial charge on any atom is 0.320 e. The third-order valence-electron chi connectivity index (χ3n) is 3.69. The van der Waals surface area contributed by atoms with Crippen LogP contribution in [-0.4, -0.2) is 54.7 Å². The van der Waals surface area contributed by atoms with Crippen molar-refractivity contribution in [3.05, 3.63) is 35.9 Å². The molecule has 24 heavy (non-hydrogen) atoms. The normalized spacial score (nSPS) is 13.0. The summed E-state index contributed by atoms with van der Waals surface area (Å²) in [4.78, 5) is 24.0. The van der Waals surface area contributed by atoms with E-state index in [1.54, 1.807) is 14.0 Å². The van der Waals surface area contributed by atoms with Crippen LogP contribution < -0.4 is 5.32 Å². The van der Waals surface area contributed by atoms with E-state index in [9.17, 15) is 9.59 Å². The molecular formula is C17H27ClN2O4. The zero-order valence-corrected chi connectivity index (χ0v) is 15.2. The number of likely N-dealkylation sites (N-methyl/N-ethyl adjacent to an activating group) is 1. The largest absolute Gasteiger partial charge is 0.480 e. The molecule has 1 rings (SSSR count). The average molecular weight is 359 g/mol. The molecule has 2 atom stereocenters. The molecule has 0 radical (unpaired) electrons. The summed E-state index contributed by atoms with van der Waals surface area (Å²) in [5.41, 5.74) is 1.13. The highest BCUT2D eigenvalue weighted by molar-refractivity contribution is 5.85. The minimum absolute atomic E-state index is 0. The molecule has 1 amide bonds. The van der Waals surface area contributed by atoms with Crippen LogP contribution in [0.3, 0.4) is 0 Å². The molecule has 0 aliphatic heterocycles. The van der Waals surface area contributed by atoms with E-state index >= 15 is 0 Å². The molecule has 0 fully saturated rings. The third kappa shape index (κ3) is 8.29. The van der Waals surface area contributed by atoms with Crippen LogP contribution in [0.4, 0.5) is 0 Å². The van der Waals surface area contributed by atoms with Gasteiger partial charge in [0.15, 0.2) is 0 Å². The summed E-state index contributed by atoms with van der Waals surface area (Å²) in [5, 5.41) is 11.6. The highest BCUT2D eigenvalue weighted by Crippen LogP contribution is 2.15. The summed E-state index contributed by atoms with van der Waals surface area (Å²) in [6, 6.07) is 9.27. The Labute approximate surface area is 149 Å². The standard InChI is InChI=1S/C17H26N2O4.ClH/c1-13(17(21)22)19(3)12-16(20)18-10-7-11-23-14(2)15-8-5-4-6-9-15;/h4-6,8-9,13-14H,7,10-12H2,1-3H3,(H,18,20)(H,21,22);1H. The molecule has 7 heteroatoms. The summed E-state index contributed by atoms with van der Waals surface area (Å²) in [6.07, 6.45) is 0.732. The van der Waals surface area contributed by atoms with Crippen LogP contribution in [0.5, 0.6) is 0 Å². The van der Waals surface area contributed by atoms with Gasteiger partial charge in [0, 0.05) is 13.2 Å². The van der Waals surface area contributed by atoms with Gasteiger partial charge in [0.2, 0.25) is 5.91 Å². The van der Waals surface area contributed by atoms with Gasteiger partial charge < -0.3 is 15.2 Å². The van der Waals surface area contributed by atoms with Crippen molar-refractivity contribution in [2.24, 2.45) is 0 Å². The van der Waals surface area contributed by atoms with E-state index in [2.05, 4.69) is 5.32 Å². The number of hydrogen-bond donors (Lipinski definition) is 2. The van der Waals surface area contributed by atoms with Crippen LogP contribution in [0.15, 0.2) is 30.3 Å². The molecule has 1 aromatic rings. The number of carboxylic acids is 1. The lowest BCUT2D eigenvalue weighted by molar-refractivity contribution is -0.142. The first-order chi connectivity index (χ1) is 10.9. The van der Waals surface area contributed by atoms with Gasteiger partial charge in [-0.25, -0.2) is 0 Å². The summed E-state index contributed by atoms with van der Waals surface area (Å²) in [5.74, 6) is -1.12. The van der Waals surface area contributed by atoms with Gasteiger partial charge in [-0.15, -0.1) is 12.4 Å². The number of hydrogen-bond acceptors (Lipinski definition) is 4. The van der Waals surface area contributed by atoms with E-state index in [1.807, 2.05) is 37.3 Å². The van der Waals surface area contributed by atoms with Crippen LogP contribution in [0, 0.1) is 0 Å². The molecule has 0 bridgehead atoms. The summed E-state index contributed by atoms with van der Waals surface area (Å²) in [6.45, 7) is 4.67. The van der Waals surface area contributed by atoms with Crippen molar-refractivity contribution in [3.63, 3.8) is 0 Å². The molecule has 0 aliphatic carbocycles. The van der Waals surface area contributed by atoms with Gasteiger partial charge in [0.25, 0.3) is 0 Å². The van der Waals surface area contributed by atoms with Crippen LogP contribution in [-0.2, 0) is 14.3 Å². The van der Waals surface area contributed by atoms with Crippen LogP contribution in [0.2, 0.25) is 0 Å². The number of halogens is 1. The number of nitrogens with zero attached hydrogens (tertiary/aromatic N) is 1. The van der Waals surface area contributed by atoms with Gasteiger partial charge in [-0.2, -0.15) is 0 Å². The van der Waals surface area contributed by atoms with Crippen molar-refractivity contribution in [1.29, 1.82) is 0 Å². The van der Waals surface area contributed by atoms with Gasteiger partial charge in [-0.3, -0.25) is 14.5 Å². The lowest BCUT2D eigenvalue weighted by atomic mass is 10.1.